The van der Waals surface area contributed by atoms with E-state index in [1.165, 1.54) is 0 Å². The maximum absolute atomic E-state index is 11.9. The van der Waals surface area contributed by atoms with Crippen molar-refractivity contribution in [2.75, 3.05) is 13.2 Å². The van der Waals surface area contributed by atoms with Crippen LogP contribution in [0.15, 0.2) is 12.3 Å². The van der Waals surface area contributed by atoms with Crippen LogP contribution in [0.2, 0.25) is 0 Å². The Morgan fingerprint density at radius 2 is 1.76 bits per heavy atom. The number of nitrogens with zero attached hydrogens (tertiary/aromatic N) is 2. The third-order valence-electron chi connectivity index (χ3n) is 3.26. The lowest BCUT2D eigenvalue weighted by atomic mass is 10.0. The molecule has 0 aliphatic rings. The van der Waals surface area contributed by atoms with Crippen molar-refractivity contribution in [1.29, 1.82) is 0 Å². The van der Waals surface area contributed by atoms with E-state index in [4.69, 9.17) is 9.47 Å². The molecule has 0 saturated carbocycles. The van der Waals surface area contributed by atoms with Crippen molar-refractivity contribution in [2.45, 2.75) is 46.6 Å². The van der Waals surface area contributed by atoms with Crippen LogP contribution >= 0.6 is 0 Å². The van der Waals surface area contributed by atoms with E-state index in [0.29, 0.717) is 5.69 Å². The quantitative estimate of drug-likeness (QED) is 0.543. The van der Waals surface area contributed by atoms with Gasteiger partial charge in [0.05, 0.1) is 18.9 Å². The van der Waals surface area contributed by atoms with Gasteiger partial charge in [0.15, 0.2) is 5.92 Å². The topological polar surface area (TPSA) is 70.4 Å². The van der Waals surface area contributed by atoms with Crippen LogP contribution in [0.1, 0.15) is 45.9 Å². The van der Waals surface area contributed by atoms with Gasteiger partial charge < -0.3 is 9.47 Å². The van der Waals surface area contributed by atoms with E-state index in [0.717, 1.165) is 6.42 Å². The van der Waals surface area contributed by atoms with Crippen LogP contribution in [-0.4, -0.2) is 34.9 Å². The lowest BCUT2D eigenvalue weighted by Crippen LogP contribution is -2.30. The van der Waals surface area contributed by atoms with E-state index >= 15 is 0 Å². The van der Waals surface area contributed by atoms with Crippen LogP contribution in [0.5, 0.6) is 0 Å². The standard InChI is InChI=1S/C15H24N2O4/c1-5-11(4)17-9-8-12(16-17)10-13(14(18)20-6-2)15(19)21-7-3/h8-9,11,13H,5-7,10H2,1-4H3. The molecule has 0 fully saturated rings. The van der Waals surface area contributed by atoms with E-state index in [9.17, 15) is 9.59 Å². The summed E-state index contributed by atoms with van der Waals surface area (Å²) in [6.07, 6.45) is 3.01. The number of ether oxygens (including phenoxy) is 2. The van der Waals surface area contributed by atoms with Gasteiger partial charge >= 0.3 is 11.9 Å². The molecule has 0 aromatic carbocycles. The van der Waals surface area contributed by atoms with Gasteiger partial charge in [-0.3, -0.25) is 14.3 Å². The molecular weight excluding hydrogens is 272 g/mol. The highest BCUT2D eigenvalue weighted by molar-refractivity contribution is 5.95. The predicted octanol–water partition coefficient (Wildman–Crippen LogP) is 2.14. The number of rotatable bonds is 8. The fourth-order valence-electron chi connectivity index (χ4n) is 1.88. The van der Waals surface area contributed by atoms with Crippen LogP contribution in [-0.2, 0) is 25.5 Å². The van der Waals surface area contributed by atoms with Gasteiger partial charge in [-0.15, -0.1) is 0 Å². The second-order valence-corrected chi connectivity index (χ2v) is 4.81. The molecule has 0 radical (unpaired) electrons. The van der Waals surface area contributed by atoms with Crippen LogP contribution in [0, 0.1) is 5.92 Å². The minimum atomic E-state index is -0.954. The van der Waals surface area contributed by atoms with Gasteiger partial charge in [-0.25, -0.2) is 0 Å². The van der Waals surface area contributed by atoms with Gasteiger partial charge in [-0.05, 0) is 33.3 Å². The number of hydrogen-bond donors (Lipinski definition) is 0. The fraction of sp³-hybridized carbons (Fsp3) is 0.667. The average molecular weight is 296 g/mol. The molecule has 1 rings (SSSR count). The Bertz CT molecular complexity index is 452. The van der Waals surface area contributed by atoms with E-state index < -0.39 is 17.9 Å². The largest absolute Gasteiger partial charge is 0.465 e. The molecule has 6 heteroatoms. The first-order valence-corrected chi connectivity index (χ1v) is 7.40. The molecule has 1 aromatic rings. The highest BCUT2D eigenvalue weighted by Gasteiger charge is 2.30. The first-order chi connectivity index (χ1) is 10.0. The molecule has 0 N–H and O–H groups in total. The maximum Gasteiger partial charge on any atom is 0.320 e. The van der Waals surface area contributed by atoms with Gasteiger partial charge in [0.1, 0.15) is 0 Å². The Labute approximate surface area is 125 Å². The van der Waals surface area contributed by atoms with Gasteiger partial charge in [0.2, 0.25) is 0 Å². The number of carbonyl (C=O) groups excluding carboxylic acids is 2. The van der Waals surface area contributed by atoms with E-state index in [-0.39, 0.29) is 25.7 Å². The summed E-state index contributed by atoms with van der Waals surface area (Å²) >= 11 is 0. The molecule has 1 heterocycles. The second kappa shape index (κ2) is 8.44. The molecule has 21 heavy (non-hydrogen) atoms. The molecule has 118 valence electrons. The van der Waals surface area contributed by atoms with Crippen molar-refractivity contribution < 1.29 is 19.1 Å². The lowest BCUT2D eigenvalue weighted by Gasteiger charge is -2.13. The molecule has 0 bridgehead atoms. The first-order valence-electron chi connectivity index (χ1n) is 7.40. The van der Waals surface area contributed by atoms with Crippen molar-refractivity contribution in [2.24, 2.45) is 5.92 Å². The van der Waals surface area contributed by atoms with E-state index in [1.807, 2.05) is 16.9 Å². The van der Waals surface area contributed by atoms with Crippen LogP contribution in [0.25, 0.3) is 0 Å². The number of carbonyl (C=O) groups is 2. The Balaban J connectivity index is 2.82. The maximum atomic E-state index is 11.9. The molecule has 0 saturated heterocycles. The summed E-state index contributed by atoms with van der Waals surface area (Å²) in [6.45, 7) is 8.01. The molecule has 1 atom stereocenters. The van der Waals surface area contributed by atoms with Crippen LogP contribution in [0.4, 0.5) is 0 Å². The van der Waals surface area contributed by atoms with Gasteiger partial charge in [-0.2, -0.15) is 5.10 Å². The Morgan fingerprint density at radius 1 is 1.19 bits per heavy atom. The second-order valence-electron chi connectivity index (χ2n) is 4.81. The number of hydrogen-bond acceptors (Lipinski definition) is 5. The van der Waals surface area contributed by atoms with Crippen molar-refractivity contribution in [3.8, 4) is 0 Å². The number of aromatic nitrogens is 2. The summed E-state index contributed by atoms with van der Waals surface area (Å²) in [5.74, 6) is -2.08. The Morgan fingerprint density at radius 3 is 2.24 bits per heavy atom. The summed E-state index contributed by atoms with van der Waals surface area (Å²) in [5, 5.41) is 4.41. The highest BCUT2D eigenvalue weighted by Crippen LogP contribution is 2.14. The van der Waals surface area contributed by atoms with Crippen molar-refractivity contribution in [3.05, 3.63) is 18.0 Å². The minimum absolute atomic E-state index is 0.196. The molecule has 0 aliphatic carbocycles. The molecule has 0 amide bonds. The average Bonchev–Trinajstić information content (AvgIpc) is 2.93. The third-order valence-corrected chi connectivity index (χ3v) is 3.26. The van der Waals surface area contributed by atoms with E-state index in [2.05, 4.69) is 18.9 Å². The SMILES string of the molecule is CCOC(=O)C(Cc1ccn(C(C)CC)n1)C(=O)OCC. The van der Waals surface area contributed by atoms with Gasteiger partial charge in [0, 0.05) is 18.7 Å². The Hall–Kier alpha value is -1.85. The predicted molar refractivity (Wildman–Crippen MR) is 77.7 cm³/mol. The van der Waals surface area contributed by atoms with Gasteiger partial charge in [-0.1, -0.05) is 6.92 Å². The zero-order valence-corrected chi connectivity index (χ0v) is 13.2. The normalized spacial score (nSPS) is 12.2. The summed E-state index contributed by atoms with van der Waals surface area (Å²) in [5.41, 5.74) is 0.682. The minimum Gasteiger partial charge on any atom is -0.465 e. The van der Waals surface area contributed by atoms with Crippen molar-refractivity contribution in [3.63, 3.8) is 0 Å². The zero-order chi connectivity index (χ0) is 15.8. The first kappa shape index (κ1) is 17.2. The zero-order valence-electron chi connectivity index (χ0n) is 13.2. The summed E-state index contributed by atoms with van der Waals surface area (Å²) in [4.78, 5) is 23.8. The van der Waals surface area contributed by atoms with Crippen molar-refractivity contribution >= 4 is 11.9 Å². The smallest absolute Gasteiger partial charge is 0.320 e. The molecular formula is C15H24N2O4. The highest BCUT2D eigenvalue weighted by atomic mass is 16.6. The summed E-state index contributed by atoms with van der Waals surface area (Å²) in [7, 11) is 0. The van der Waals surface area contributed by atoms with Crippen LogP contribution < -0.4 is 0 Å². The molecule has 1 unspecified atom stereocenters. The molecule has 0 spiro atoms. The van der Waals surface area contributed by atoms with Crippen LogP contribution in [0.3, 0.4) is 0 Å². The molecule has 0 aliphatic heterocycles. The fourth-order valence-corrected chi connectivity index (χ4v) is 1.88. The van der Waals surface area contributed by atoms with Gasteiger partial charge in [0.25, 0.3) is 0 Å². The summed E-state index contributed by atoms with van der Waals surface area (Å²) in [6, 6.07) is 2.10. The van der Waals surface area contributed by atoms with Crippen molar-refractivity contribution in [1.82, 2.24) is 9.78 Å². The molecule has 6 nitrogen and oxygen atoms in total. The Kier molecular flexibility index (Phi) is 6.91. The lowest BCUT2D eigenvalue weighted by molar-refractivity contribution is -0.161. The number of esters is 2. The molecule has 1 aromatic heterocycles. The third kappa shape index (κ3) is 4.88. The van der Waals surface area contributed by atoms with E-state index in [1.54, 1.807) is 13.8 Å². The summed E-state index contributed by atoms with van der Waals surface area (Å²) < 4.78 is 11.7. The monoisotopic (exact) mass is 296 g/mol.